The fourth-order valence-corrected chi connectivity index (χ4v) is 2.46. The highest BCUT2D eigenvalue weighted by molar-refractivity contribution is 6.03. The summed E-state index contributed by atoms with van der Waals surface area (Å²) in [6, 6.07) is 11.9. The van der Waals surface area contributed by atoms with E-state index in [0.29, 0.717) is 12.2 Å². The first-order chi connectivity index (χ1) is 13.3. The van der Waals surface area contributed by atoms with E-state index in [-0.39, 0.29) is 29.3 Å². The molecule has 1 heterocycles. The van der Waals surface area contributed by atoms with Gasteiger partial charge in [0.2, 0.25) is 0 Å². The molecule has 1 aromatic heterocycles. The number of nitrogens with one attached hydrogen (secondary N) is 2. The summed E-state index contributed by atoms with van der Waals surface area (Å²) in [5, 5.41) is 5.59. The van der Waals surface area contributed by atoms with E-state index in [9.17, 15) is 9.59 Å². The average molecular weight is 384 g/mol. The van der Waals surface area contributed by atoms with Crippen LogP contribution in [0.2, 0.25) is 0 Å². The number of carbonyl (C=O) groups is 2. The van der Waals surface area contributed by atoms with E-state index >= 15 is 0 Å². The minimum absolute atomic E-state index is 0.0846. The Bertz CT molecular complexity index is 788. The molecule has 2 N–H and O–H groups in total. The number of aromatic nitrogens is 1. The molecule has 0 aliphatic carbocycles. The normalized spacial score (nSPS) is 10.8. The van der Waals surface area contributed by atoms with Gasteiger partial charge in [-0.3, -0.25) is 9.59 Å². The Morgan fingerprint density at radius 3 is 2.29 bits per heavy atom. The van der Waals surface area contributed by atoms with Crippen molar-refractivity contribution in [3.8, 4) is 5.75 Å². The Labute approximate surface area is 166 Å². The fourth-order valence-electron chi connectivity index (χ4n) is 2.46. The molecule has 0 radical (unpaired) electrons. The Kier molecular flexibility index (Phi) is 7.95. The van der Waals surface area contributed by atoms with E-state index < -0.39 is 0 Å². The number of hydrogen-bond donors (Lipinski definition) is 2. The van der Waals surface area contributed by atoms with Crippen LogP contribution in [0, 0.1) is 0 Å². The lowest BCUT2D eigenvalue weighted by molar-refractivity contribution is 0.0947. The molecule has 0 spiro atoms. The van der Waals surface area contributed by atoms with E-state index in [0.717, 1.165) is 18.7 Å². The molecular formula is C21H28N4O3. The van der Waals surface area contributed by atoms with Gasteiger partial charge < -0.3 is 20.3 Å². The fraction of sp³-hybridized carbons (Fsp3) is 0.381. The largest absolute Gasteiger partial charge is 0.491 e. The van der Waals surface area contributed by atoms with Crippen LogP contribution < -0.4 is 15.4 Å². The Hall–Kier alpha value is -2.93. The molecule has 2 rings (SSSR count). The van der Waals surface area contributed by atoms with E-state index in [1.807, 2.05) is 27.9 Å². The summed E-state index contributed by atoms with van der Waals surface area (Å²) in [6.45, 7) is 5.34. The van der Waals surface area contributed by atoms with Crippen LogP contribution in [0.4, 0.5) is 5.69 Å². The van der Waals surface area contributed by atoms with Gasteiger partial charge in [0, 0.05) is 12.2 Å². The number of benzene rings is 1. The smallest absolute Gasteiger partial charge is 0.274 e. The van der Waals surface area contributed by atoms with Gasteiger partial charge >= 0.3 is 0 Å². The van der Waals surface area contributed by atoms with Gasteiger partial charge in [0.15, 0.2) is 0 Å². The summed E-state index contributed by atoms with van der Waals surface area (Å²) in [4.78, 5) is 30.9. The second-order valence-corrected chi connectivity index (χ2v) is 6.97. The Morgan fingerprint density at radius 1 is 1.04 bits per heavy atom. The van der Waals surface area contributed by atoms with E-state index in [2.05, 4.69) is 20.5 Å². The van der Waals surface area contributed by atoms with Gasteiger partial charge in [-0.25, -0.2) is 4.98 Å². The summed E-state index contributed by atoms with van der Waals surface area (Å²) >= 11 is 0. The number of anilines is 1. The first kappa shape index (κ1) is 21.4. The number of ether oxygens (including phenoxy) is 1. The molecule has 7 heteroatoms. The number of hydrogen-bond acceptors (Lipinski definition) is 5. The highest BCUT2D eigenvalue weighted by Crippen LogP contribution is 2.17. The predicted molar refractivity (Wildman–Crippen MR) is 110 cm³/mol. The first-order valence-corrected chi connectivity index (χ1v) is 9.33. The highest BCUT2D eigenvalue weighted by atomic mass is 16.5. The zero-order chi connectivity index (χ0) is 20.5. The third kappa shape index (κ3) is 7.00. The maximum Gasteiger partial charge on any atom is 0.274 e. The molecule has 1 aromatic carbocycles. The van der Waals surface area contributed by atoms with Crippen molar-refractivity contribution in [3.63, 3.8) is 0 Å². The van der Waals surface area contributed by atoms with Crippen LogP contribution in [-0.2, 0) is 0 Å². The van der Waals surface area contributed by atoms with Gasteiger partial charge in [0.1, 0.15) is 17.1 Å². The molecule has 0 aliphatic rings. The van der Waals surface area contributed by atoms with Crippen molar-refractivity contribution in [2.24, 2.45) is 0 Å². The number of rotatable bonds is 9. The minimum atomic E-state index is -0.375. The number of amides is 2. The maximum atomic E-state index is 12.4. The van der Waals surface area contributed by atoms with Crippen molar-refractivity contribution in [3.05, 3.63) is 53.9 Å². The van der Waals surface area contributed by atoms with Crippen LogP contribution in [0.15, 0.2) is 42.5 Å². The van der Waals surface area contributed by atoms with Crippen LogP contribution in [0.1, 0.15) is 41.2 Å². The molecule has 0 bridgehead atoms. The number of carbonyl (C=O) groups excluding carboxylic acids is 2. The van der Waals surface area contributed by atoms with Crippen LogP contribution in [0.3, 0.4) is 0 Å². The van der Waals surface area contributed by atoms with Crippen molar-refractivity contribution in [2.75, 3.05) is 32.5 Å². The summed E-state index contributed by atoms with van der Waals surface area (Å²) < 4.78 is 5.58. The van der Waals surface area contributed by atoms with Crippen molar-refractivity contribution in [1.29, 1.82) is 0 Å². The molecule has 28 heavy (non-hydrogen) atoms. The van der Waals surface area contributed by atoms with E-state index in [1.54, 1.807) is 42.5 Å². The number of nitrogens with zero attached hydrogens (tertiary/aromatic N) is 2. The molecule has 2 aromatic rings. The minimum Gasteiger partial charge on any atom is -0.491 e. The zero-order valence-electron chi connectivity index (χ0n) is 16.9. The van der Waals surface area contributed by atoms with Gasteiger partial charge in [-0.1, -0.05) is 6.07 Å². The van der Waals surface area contributed by atoms with Gasteiger partial charge in [0.05, 0.1) is 6.10 Å². The molecule has 0 aliphatic heterocycles. The van der Waals surface area contributed by atoms with E-state index in [4.69, 9.17) is 4.74 Å². The summed E-state index contributed by atoms with van der Waals surface area (Å²) in [5.74, 6) is 0.0717. The van der Waals surface area contributed by atoms with Crippen LogP contribution >= 0.6 is 0 Å². The molecule has 0 atom stereocenters. The van der Waals surface area contributed by atoms with Gasteiger partial charge in [-0.2, -0.15) is 0 Å². The molecule has 0 saturated heterocycles. The summed E-state index contributed by atoms with van der Waals surface area (Å²) in [7, 11) is 3.96. The topological polar surface area (TPSA) is 83.6 Å². The molecule has 7 nitrogen and oxygen atoms in total. The van der Waals surface area contributed by atoms with Crippen LogP contribution in [0.5, 0.6) is 5.75 Å². The SMILES string of the molecule is CC(C)Oc1ccc(NC(=O)c2cccc(C(=O)NCCCN(C)C)n2)cc1. The van der Waals surface area contributed by atoms with Crippen LogP contribution in [0.25, 0.3) is 0 Å². The molecule has 0 saturated carbocycles. The first-order valence-electron chi connectivity index (χ1n) is 9.33. The lowest BCUT2D eigenvalue weighted by atomic mass is 10.2. The third-order valence-corrected chi connectivity index (χ3v) is 3.77. The highest BCUT2D eigenvalue weighted by Gasteiger charge is 2.12. The van der Waals surface area contributed by atoms with Gasteiger partial charge in [-0.05, 0) is 77.3 Å². The molecule has 0 unspecified atom stereocenters. The van der Waals surface area contributed by atoms with E-state index in [1.165, 1.54) is 0 Å². The zero-order valence-corrected chi connectivity index (χ0v) is 16.9. The standard InChI is InChI=1S/C21H28N4O3/c1-15(2)28-17-11-9-16(10-12-17)23-21(27)19-8-5-7-18(24-19)20(26)22-13-6-14-25(3)4/h5,7-12,15H,6,13-14H2,1-4H3,(H,22,26)(H,23,27). The second-order valence-electron chi connectivity index (χ2n) is 6.97. The number of pyridine rings is 1. The summed E-state index contributed by atoms with van der Waals surface area (Å²) in [6.07, 6.45) is 0.927. The van der Waals surface area contributed by atoms with Crippen LogP contribution in [-0.4, -0.2) is 55.0 Å². The third-order valence-electron chi connectivity index (χ3n) is 3.77. The Morgan fingerprint density at radius 2 is 1.68 bits per heavy atom. The summed E-state index contributed by atoms with van der Waals surface area (Å²) in [5.41, 5.74) is 1.03. The van der Waals surface area contributed by atoms with Crippen molar-refractivity contribution in [2.45, 2.75) is 26.4 Å². The van der Waals surface area contributed by atoms with Crippen molar-refractivity contribution < 1.29 is 14.3 Å². The quantitative estimate of drug-likeness (QED) is 0.650. The van der Waals surface area contributed by atoms with Crippen molar-refractivity contribution in [1.82, 2.24) is 15.2 Å². The maximum absolute atomic E-state index is 12.4. The average Bonchev–Trinajstić information content (AvgIpc) is 2.66. The van der Waals surface area contributed by atoms with Gasteiger partial charge in [0.25, 0.3) is 11.8 Å². The lowest BCUT2D eigenvalue weighted by Gasteiger charge is -2.11. The molecule has 2 amide bonds. The monoisotopic (exact) mass is 384 g/mol. The second kappa shape index (κ2) is 10.4. The molecule has 150 valence electrons. The molecular weight excluding hydrogens is 356 g/mol. The van der Waals surface area contributed by atoms with Gasteiger partial charge in [-0.15, -0.1) is 0 Å². The molecule has 0 fully saturated rings. The lowest BCUT2D eigenvalue weighted by Crippen LogP contribution is -2.28. The van der Waals surface area contributed by atoms with Crippen molar-refractivity contribution >= 4 is 17.5 Å². The predicted octanol–water partition coefficient (Wildman–Crippen LogP) is 2.80. The Balaban J connectivity index is 1.95.